The molecular weight excluding hydrogens is 341 g/mol. The maximum absolute atomic E-state index is 13.0. The van der Waals surface area contributed by atoms with Crippen molar-refractivity contribution in [1.82, 2.24) is 10.2 Å². The van der Waals surface area contributed by atoms with E-state index in [-0.39, 0.29) is 11.9 Å². The highest BCUT2D eigenvalue weighted by molar-refractivity contribution is 7.80. The van der Waals surface area contributed by atoms with Crippen molar-refractivity contribution in [3.05, 3.63) is 52.5 Å². The summed E-state index contributed by atoms with van der Waals surface area (Å²) in [6.07, 6.45) is 2.51. The maximum Gasteiger partial charge on any atom is 0.171 e. The number of nitrogens with zero attached hydrogens (tertiary/aromatic N) is 1. The number of hydrogen-bond donors (Lipinski definition) is 2. The van der Waals surface area contributed by atoms with Gasteiger partial charge in [0.25, 0.3) is 0 Å². The SMILES string of the molecule is C[C@H](NC(=S)Nc1ccc(F)cc1)[C@@H](c1cccs1)N1CCCC1. The predicted octanol–water partition coefficient (Wildman–Crippen LogP) is 4.40. The number of nitrogens with one attached hydrogen (secondary N) is 2. The Morgan fingerprint density at radius 3 is 2.54 bits per heavy atom. The first-order valence-corrected chi connectivity index (χ1v) is 9.53. The molecule has 0 bridgehead atoms. The Hall–Kier alpha value is -1.50. The Balaban J connectivity index is 1.65. The number of halogens is 1. The fraction of sp³-hybridized carbons (Fsp3) is 0.389. The molecule has 1 fully saturated rings. The molecule has 1 aliphatic heterocycles. The van der Waals surface area contributed by atoms with E-state index in [1.165, 1.54) is 29.9 Å². The predicted molar refractivity (Wildman–Crippen MR) is 103 cm³/mol. The van der Waals surface area contributed by atoms with Crippen LogP contribution in [0.2, 0.25) is 0 Å². The number of hydrogen-bond acceptors (Lipinski definition) is 3. The third kappa shape index (κ3) is 4.32. The van der Waals surface area contributed by atoms with Crippen molar-refractivity contribution in [3.8, 4) is 0 Å². The molecule has 6 heteroatoms. The summed E-state index contributed by atoms with van der Waals surface area (Å²) in [7, 11) is 0. The highest BCUT2D eigenvalue weighted by Crippen LogP contribution is 2.31. The normalized spacial score (nSPS) is 17.4. The lowest BCUT2D eigenvalue weighted by Crippen LogP contribution is -2.45. The summed E-state index contributed by atoms with van der Waals surface area (Å²) in [5.74, 6) is -0.250. The lowest BCUT2D eigenvalue weighted by atomic mass is 10.1. The van der Waals surface area contributed by atoms with Gasteiger partial charge in [-0.3, -0.25) is 4.90 Å². The minimum atomic E-state index is -0.250. The lowest BCUT2D eigenvalue weighted by Gasteiger charge is -2.33. The van der Waals surface area contributed by atoms with Gasteiger partial charge in [-0.05, 0) is 80.8 Å². The van der Waals surface area contributed by atoms with E-state index in [0.717, 1.165) is 18.8 Å². The molecule has 1 aromatic carbocycles. The molecule has 0 aliphatic carbocycles. The molecule has 3 nitrogen and oxygen atoms in total. The Kier molecular flexibility index (Phi) is 5.81. The molecule has 2 aromatic rings. The summed E-state index contributed by atoms with van der Waals surface area (Å²) in [6.45, 7) is 4.43. The van der Waals surface area contributed by atoms with Crippen LogP contribution >= 0.6 is 23.6 Å². The molecule has 2 heterocycles. The number of anilines is 1. The van der Waals surface area contributed by atoms with E-state index in [1.54, 1.807) is 23.5 Å². The summed E-state index contributed by atoms with van der Waals surface area (Å²) >= 11 is 7.23. The Bertz CT molecular complexity index is 651. The van der Waals surface area contributed by atoms with Crippen LogP contribution in [0.15, 0.2) is 41.8 Å². The van der Waals surface area contributed by atoms with Gasteiger partial charge in [0.1, 0.15) is 5.82 Å². The zero-order valence-corrected chi connectivity index (χ0v) is 15.3. The molecule has 0 spiro atoms. The number of benzene rings is 1. The average molecular weight is 364 g/mol. The van der Waals surface area contributed by atoms with E-state index < -0.39 is 0 Å². The monoisotopic (exact) mass is 363 g/mol. The second-order valence-electron chi connectivity index (χ2n) is 6.10. The molecule has 128 valence electrons. The molecule has 24 heavy (non-hydrogen) atoms. The fourth-order valence-electron chi connectivity index (χ4n) is 3.21. The summed E-state index contributed by atoms with van der Waals surface area (Å²) < 4.78 is 13.0. The van der Waals surface area contributed by atoms with Gasteiger partial charge < -0.3 is 10.6 Å². The lowest BCUT2D eigenvalue weighted by molar-refractivity contribution is 0.214. The summed E-state index contributed by atoms with van der Waals surface area (Å²) in [5.41, 5.74) is 0.787. The second-order valence-corrected chi connectivity index (χ2v) is 7.48. The fourth-order valence-corrected chi connectivity index (χ4v) is 4.48. The van der Waals surface area contributed by atoms with Crippen LogP contribution < -0.4 is 10.6 Å². The van der Waals surface area contributed by atoms with Gasteiger partial charge in [-0.1, -0.05) is 6.07 Å². The highest BCUT2D eigenvalue weighted by Gasteiger charge is 2.29. The van der Waals surface area contributed by atoms with E-state index in [4.69, 9.17) is 12.2 Å². The standard InChI is InChI=1S/C18H22FN3S2/c1-13(20-18(23)21-15-8-6-14(19)7-9-15)17(16-5-4-12-24-16)22-10-2-3-11-22/h4-9,12-13,17H,2-3,10-11H2,1H3,(H2,20,21,23)/t13-,17-/m0/s1. The third-order valence-corrected chi connectivity index (χ3v) is 5.47. The quantitative estimate of drug-likeness (QED) is 0.770. The van der Waals surface area contributed by atoms with Crippen LogP contribution in [0.1, 0.15) is 30.7 Å². The summed E-state index contributed by atoms with van der Waals surface area (Å²) in [4.78, 5) is 3.89. The van der Waals surface area contributed by atoms with Crippen molar-refractivity contribution in [2.75, 3.05) is 18.4 Å². The number of thiocarbonyl (C=S) groups is 1. The van der Waals surface area contributed by atoms with Gasteiger partial charge in [-0.2, -0.15) is 0 Å². The van der Waals surface area contributed by atoms with Gasteiger partial charge in [0.2, 0.25) is 0 Å². The number of thiophene rings is 1. The first-order valence-electron chi connectivity index (χ1n) is 8.24. The van der Waals surface area contributed by atoms with E-state index in [0.29, 0.717) is 11.2 Å². The van der Waals surface area contributed by atoms with E-state index in [1.807, 2.05) is 0 Å². The molecule has 2 atom stereocenters. The van der Waals surface area contributed by atoms with Gasteiger partial charge in [-0.25, -0.2) is 4.39 Å². The second kappa shape index (κ2) is 8.05. The molecule has 1 aromatic heterocycles. The maximum atomic E-state index is 13.0. The van der Waals surface area contributed by atoms with Crippen molar-refractivity contribution in [2.24, 2.45) is 0 Å². The van der Waals surface area contributed by atoms with Crippen molar-refractivity contribution in [1.29, 1.82) is 0 Å². The molecule has 0 radical (unpaired) electrons. The minimum absolute atomic E-state index is 0.183. The molecular formula is C18H22FN3S2. The smallest absolute Gasteiger partial charge is 0.171 e. The van der Waals surface area contributed by atoms with Crippen LogP contribution in [0.3, 0.4) is 0 Å². The van der Waals surface area contributed by atoms with Crippen molar-refractivity contribution >= 4 is 34.4 Å². The highest BCUT2D eigenvalue weighted by atomic mass is 32.1. The summed E-state index contributed by atoms with van der Waals surface area (Å²) in [6, 6.07) is 11.0. The first-order chi connectivity index (χ1) is 11.6. The Morgan fingerprint density at radius 2 is 1.92 bits per heavy atom. The zero-order chi connectivity index (χ0) is 16.9. The van der Waals surface area contributed by atoms with Crippen molar-refractivity contribution < 1.29 is 4.39 Å². The number of likely N-dealkylation sites (tertiary alicyclic amines) is 1. The molecule has 0 saturated carbocycles. The first kappa shape index (κ1) is 17.3. The van der Waals surface area contributed by atoms with Gasteiger partial charge >= 0.3 is 0 Å². The molecule has 2 N–H and O–H groups in total. The van der Waals surface area contributed by atoms with Crippen molar-refractivity contribution in [3.63, 3.8) is 0 Å². The molecule has 1 aliphatic rings. The van der Waals surface area contributed by atoms with E-state index in [2.05, 4.69) is 40.0 Å². The molecule has 0 unspecified atom stereocenters. The van der Waals surface area contributed by atoms with Crippen LogP contribution in [0.25, 0.3) is 0 Å². The van der Waals surface area contributed by atoms with Crippen LogP contribution in [-0.2, 0) is 0 Å². The molecule has 1 saturated heterocycles. The minimum Gasteiger partial charge on any atom is -0.358 e. The van der Waals surface area contributed by atoms with Crippen LogP contribution in [0.4, 0.5) is 10.1 Å². The average Bonchev–Trinajstić information content (AvgIpc) is 3.24. The topological polar surface area (TPSA) is 27.3 Å². The van der Waals surface area contributed by atoms with E-state index in [9.17, 15) is 4.39 Å². The Labute approximate surface area is 151 Å². The third-order valence-electron chi connectivity index (χ3n) is 4.30. The number of rotatable bonds is 5. The molecule has 0 amide bonds. The zero-order valence-electron chi connectivity index (χ0n) is 13.7. The van der Waals surface area contributed by atoms with Crippen molar-refractivity contribution in [2.45, 2.75) is 31.8 Å². The van der Waals surface area contributed by atoms with Gasteiger partial charge in [0, 0.05) is 16.6 Å². The van der Waals surface area contributed by atoms with Crippen LogP contribution in [0.5, 0.6) is 0 Å². The van der Waals surface area contributed by atoms with Crippen LogP contribution in [-0.4, -0.2) is 29.1 Å². The Morgan fingerprint density at radius 1 is 1.21 bits per heavy atom. The van der Waals surface area contributed by atoms with E-state index >= 15 is 0 Å². The van der Waals surface area contributed by atoms with Gasteiger partial charge in [-0.15, -0.1) is 11.3 Å². The summed E-state index contributed by atoms with van der Waals surface area (Å²) in [5, 5.41) is 9.22. The van der Waals surface area contributed by atoms with Gasteiger partial charge in [0.05, 0.1) is 6.04 Å². The van der Waals surface area contributed by atoms with Crippen LogP contribution in [0, 0.1) is 5.82 Å². The van der Waals surface area contributed by atoms with Gasteiger partial charge in [0.15, 0.2) is 5.11 Å². The largest absolute Gasteiger partial charge is 0.358 e. The molecule has 3 rings (SSSR count).